The van der Waals surface area contributed by atoms with Crippen molar-refractivity contribution in [1.82, 2.24) is 19.5 Å². The number of imidazole rings is 1. The fourth-order valence-corrected chi connectivity index (χ4v) is 5.18. The molecule has 36 heavy (non-hydrogen) atoms. The van der Waals surface area contributed by atoms with E-state index in [1.54, 1.807) is 25.5 Å². The van der Waals surface area contributed by atoms with Crippen molar-refractivity contribution in [2.24, 2.45) is 0 Å². The van der Waals surface area contributed by atoms with Gasteiger partial charge in [0.15, 0.2) is 23.2 Å². The van der Waals surface area contributed by atoms with E-state index in [4.69, 9.17) is 9.57 Å². The molecule has 2 aliphatic rings. The maximum Gasteiger partial charge on any atom is 0.194 e. The summed E-state index contributed by atoms with van der Waals surface area (Å²) in [4.78, 5) is 12.2. The van der Waals surface area contributed by atoms with E-state index >= 15 is 0 Å². The Bertz CT molecular complexity index is 1300. The summed E-state index contributed by atoms with van der Waals surface area (Å²) in [7, 11) is 3.31. The van der Waals surface area contributed by atoms with Crippen molar-refractivity contribution in [2.45, 2.75) is 31.7 Å². The average Bonchev–Trinajstić information content (AvgIpc) is 3.43. The largest absolute Gasteiger partial charge is 0.495 e. The second-order valence-electron chi connectivity index (χ2n) is 9.08. The number of aromatic nitrogens is 2. The molecule has 0 amide bonds. The molecule has 2 atom stereocenters. The third kappa shape index (κ3) is 4.00. The highest BCUT2D eigenvalue weighted by Crippen LogP contribution is 2.45. The van der Waals surface area contributed by atoms with Crippen molar-refractivity contribution >= 4 is 6.08 Å². The Balaban J connectivity index is 1.51. The number of aliphatic hydroxyl groups is 1. The number of hydrogen-bond acceptors (Lipinski definition) is 6. The molecule has 2 unspecified atom stereocenters. The number of piperidine rings is 1. The molecule has 2 aromatic carbocycles. The number of aliphatic hydroxyl groups excluding tert-OH is 1. The van der Waals surface area contributed by atoms with Gasteiger partial charge in [0.1, 0.15) is 11.9 Å². The summed E-state index contributed by atoms with van der Waals surface area (Å²) in [6, 6.07) is 7.60. The van der Waals surface area contributed by atoms with Crippen LogP contribution in [0.3, 0.4) is 0 Å². The van der Waals surface area contributed by atoms with Crippen LogP contribution in [0.25, 0.3) is 11.8 Å². The zero-order valence-electron chi connectivity index (χ0n) is 20.2. The number of fused-ring (bicyclic) bond motifs is 1. The van der Waals surface area contributed by atoms with E-state index < -0.39 is 35.9 Å². The molecule has 3 aromatic rings. The van der Waals surface area contributed by atoms with Crippen LogP contribution in [0, 0.1) is 24.4 Å². The first-order valence-electron chi connectivity index (χ1n) is 11.6. The molecule has 3 heterocycles. The first-order valence-corrected chi connectivity index (χ1v) is 11.6. The molecule has 10 heteroatoms. The molecule has 7 nitrogen and oxygen atoms in total. The second kappa shape index (κ2) is 9.36. The van der Waals surface area contributed by atoms with Crippen LogP contribution in [-0.2, 0) is 10.6 Å². The van der Waals surface area contributed by atoms with E-state index in [9.17, 15) is 18.3 Å². The van der Waals surface area contributed by atoms with Gasteiger partial charge in [-0.2, -0.15) is 5.06 Å². The average molecular weight is 501 g/mol. The maximum atomic E-state index is 14.1. The number of nitrogens with zero attached hydrogens (tertiary/aromatic N) is 4. The predicted octanol–water partition coefficient (Wildman–Crippen LogP) is 4.13. The van der Waals surface area contributed by atoms with Gasteiger partial charge in [-0.15, -0.1) is 0 Å². The van der Waals surface area contributed by atoms with E-state index in [2.05, 4.69) is 4.98 Å². The number of methoxy groups -OCH3 is 1. The summed E-state index contributed by atoms with van der Waals surface area (Å²) >= 11 is 0. The highest BCUT2D eigenvalue weighted by atomic mass is 19.2. The number of ether oxygens (including phenoxy) is 1. The van der Waals surface area contributed by atoms with Crippen molar-refractivity contribution in [1.29, 1.82) is 0 Å². The Labute approximate surface area is 206 Å². The van der Waals surface area contributed by atoms with Crippen LogP contribution in [0.15, 0.2) is 48.4 Å². The summed E-state index contributed by atoms with van der Waals surface area (Å²) in [5.41, 5.74) is 2.11. The molecule has 190 valence electrons. The molecule has 1 N–H and O–H groups in total. The Kier molecular flexibility index (Phi) is 6.37. The summed E-state index contributed by atoms with van der Waals surface area (Å²) in [5, 5.41) is 12.0. The van der Waals surface area contributed by atoms with Crippen LogP contribution in [0.5, 0.6) is 5.75 Å². The molecule has 0 aliphatic carbocycles. The lowest BCUT2D eigenvalue weighted by Crippen LogP contribution is -2.51. The van der Waals surface area contributed by atoms with E-state index in [0.29, 0.717) is 12.3 Å². The quantitative estimate of drug-likeness (QED) is 0.532. The zero-order chi connectivity index (χ0) is 25.6. The topological polar surface area (TPSA) is 63.0 Å². The van der Waals surface area contributed by atoms with Crippen LogP contribution >= 0.6 is 0 Å². The van der Waals surface area contributed by atoms with Gasteiger partial charge < -0.3 is 14.4 Å². The molecular formula is C26H27F3N4O3. The van der Waals surface area contributed by atoms with Gasteiger partial charge in [0, 0.05) is 25.4 Å². The van der Waals surface area contributed by atoms with Crippen molar-refractivity contribution in [3.63, 3.8) is 0 Å². The lowest BCUT2D eigenvalue weighted by atomic mass is 9.93. The van der Waals surface area contributed by atoms with E-state index in [0.717, 1.165) is 47.5 Å². The van der Waals surface area contributed by atoms with E-state index in [1.165, 1.54) is 0 Å². The SMILES string of the molecule is COc1cc(C=C2CCCN3C2N(C)OC3(CO)c2cc(F)c(F)c(F)c2)ccc1-n1cnc(C)c1. The van der Waals surface area contributed by atoms with Crippen molar-refractivity contribution in [2.75, 3.05) is 27.3 Å². The Hall–Kier alpha value is -3.18. The van der Waals surface area contributed by atoms with E-state index in [-0.39, 0.29) is 5.56 Å². The Morgan fingerprint density at radius 1 is 1.22 bits per heavy atom. The Morgan fingerprint density at radius 3 is 2.61 bits per heavy atom. The van der Waals surface area contributed by atoms with Crippen molar-refractivity contribution in [3.05, 3.63) is 82.7 Å². The van der Waals surface area contributed by atoms with Gasteiger partial charge in [-0.25, -0.2) is 23.1 Å². The van der Waals surface area contributed by atoms with E-state index in [1.807, 2.05) is 46.9 Å². The third-order valence-electron chi connectivity index (χ3n) is 6.79. The minimum Gasteiger partial charge on any atom is -0.495 e. The first-order chi connectivity index (χ1) is 17.3. The molecule has 5 rings (SSSR count). The molecular weight excluding hydrogens is 473 g/mol. The summed E-state index contributed by atoms with van der Waals surface area (Å²) in [6.45, 7) is 1.85. The number of hydrogen-bond donors (Lipinski definition) is 1. The second-order valence-corrected chi connectivity index (χ2v) is 9.08. The van der Waals surface area contributed by atoms with Crippen LogP contribution in [0.2, 0.25) is 0 Å². The number of aryl methyl sites for hydroxylation is 1. The monoisotopic (exact) mass is 500 g/mol. The smallest absolute Gasteiger partial charge is 0.194 e. The minimum atomic E-state index is -1.56. The molecule has 2 aliphatic heterocycles. The third-order valence-corrected chi connectivity index (χ3v) is 6.79. The highest BCUT2D eigenvalue weighted by molar-refractivity contribution is 5.61. The fourth-order valence-electron chi connectivity index (χ4n) is 5.18. The lowest BCUT2D eigenvalue weighted by Gasteiger charge is -2.40. The molecule has 0 bridgehead atoms. The molecule has 2 saturated heterocycles. The highest BCUT2D eigenvalue weighted by Gasteiger charge is 2.54. The van der Waals surface area contributed by atoms with Gasteiger partial charge in [-0.3, -0.25) is 4.84 Å². The van der Waals surface area contributed by atoms with Crippen LogP contribution in [-0.4, -0.2) is 58.1 Å². The van der Waals surface area contributed by atoms with Gasteiger partial charge in [-0.1, -0.05) is 12.1 Å². The number of benzene rings is 2. The van der Waals surface area contributed by atoms with Gasteiger partial charge in [0.25, 0.3) is 0 Å². The molecule has 2 fully saturated rings. The number of likely N-dealkylation sites (N-methyl/N-ethyl adjacent to an activating group) is 1. The van der Waals surface area contributed by atoms with Crippen LogP contribution in [0.1, 0.15) is 29.7 Å². The fraction of sp³-hybridized carbons (Fsp3) is 0.346. The number of hydroxylamine groups is 2. The lowest BCUT2D eigenvalue weighted by molar-refractivity contribution is -0.223. The van der Waals surface area contributed by atoms with Gasteiger partial charge >= 0.3 is 0 Å². The number of halogens is 3. The molecule has 0 spiro atoms. The van der Waals surface area contributed by atoms with Crippen LogP contribution < -0.4 is 4.74 Å². The number of rotatable bonds is 5. The standard InChI is InChI=1S/C26H27F3N4O3/c1-16-13-32(15-30-16)22-7-6-17(10-23(22)35-3)9-18-5-4-8-33-25(18)31(2)36-26(33,14-34)19-11-20(27)24(29)21(28)12-19/h6-7,9-13,15,25,34H,4-5,8,14H2,1-3H3. The summed E-state index contributed by atoms with van der Waals surface area (Å²) < 4.78 is 49.4. The van der Waals surface area contributed by atoms with Gasteiger partial charge in [0.05, 0.1) is 31.4 Å². The van der Waals surface area contributed by atoms with Gasteiger partial charge in [0.2, 0.25) is 0 Å². The summed E-state index contributed by atoms with van der Waals surface area (Å²) in [6.07, 6.45) is 6.76. The zero-order valence-corrected chi connectivity index (χ0v) is 20.2. The molecule has 1 aromatic heterocycles. The normalized spacial score (nSPS) is 23.9. The van der Waals surface area contributed by atoms with Crippen LogP contribution in [0.4, 0.5) is 13.2 Å². The van der Waals surface area contributed by atoms with Gasteiger partial charge in [-0.05, 0) is 55.2 Å². The molecule has 0 radical (unpaired) electrons. The van der Waals surface area contributed by atoms with Crippen molar-refractivity contribution in [3.8, 4) is 11.4 Å². The predicted molar refractivity (Wildman–Crippen MR) is 126 cm³/mol. The minimum absolute atomic E-state index is 0.0126. The maximum absolute atomic E-state index is 14.1. The molecule has 0 saturated carbocycles. The Morgan fingerprint density at radius 2 is 1.97 bits per heavy atom. The van der Waals surface area contributed by atoms with Crippen molar-refractivity contribution < 1.29 is 27.9 Å². The summed E-state index contributed by atoms with van der Waals surface area (Å²) in [5.74, 6) is -3.55. The first kappa shape index (κ1) is 24.5.